The molecule has 0 amide bonds. The number of fused-ring (bicyclic) bond motifs is 8. The Kier molecular flexibility index (Phi) is 6.37. The fraction of sp³-hybridized carbons (Fsp3) is 0. The van der Waals surface area contributed by atoms with Crippen LogP contribution < -0.4 is 0 Å². The molecule has 12 rings (SSSR count). The minimum absolute atomic E-state index is 0.944. The summed E-state index contributed by atoms with van der Waals surface area (Å²) in [4.78, 5) is 5.40. The predicted octanol–water partition coefficient (Wildman–Crippen LogP) is 14.4. The molecule has 0 N–H and O–H groups in total. The van der Waals surface area contributed by atoms with Crippen LogP contribution in [0.15, 0.2) is 194 Å². The Labute approximate surface area is 317 Å². The molecule has 0 aliphatic carbocycles. The van der Waals surface area contributed by atoms with Crippen molar-refractivity contribution in [1.29, 1.82) is 0 Å². The third-order valence-corrected chi connectivity index (χ3v) is 11.7. The van der Waals surface area contributed by atoms with E-state index in [2.05, 4.69) is 199 Å². The third kappa shape index (κ3) is 4.28. The Balaban J connectivity index is 1.28. The first-order valence-corrected chi connectivity index (χ1v) is 19.0. The molecule has 0 unspecified atom stereocenters. The van der Waals surface area contributed by atoms with Crippen molar-refractivity contribution in [3.05, 3.63) is 194 Å². The van der Waals surface area contributed by atoms with Crippen molar-refractivity contribution in [2.75, 3.05) is 0 Å². The minimum atomic E-state index is 0.944. The normalized spacial score (nSPS) is 12.0. The zero-order chi connectivity index (χ0) is 36.0. The lowest BCUT2D eigenvalue weighted by Gasteiger charge is -2.21. The summed E-state index contributed by atoms with van der Waals surface area (Å²) in [5.74, 6) is 0.944. The number of nitrogens with zero attached hydrogens (tertiary/aromatic N) is 2. The predicted molar refractivity (Wildman–Crippen MR) is 234 cm³/mol. The number of rotatable bonds is 3. The highest BCUT2D eigenvalue weighted by Crippen LogP contribution is 2.49. The summed E-state index contributed by atoms with van der Waals surface area (Å²) >= 11 is 0. The third-order valence-electron chi connectivity index (χ3n) is 11.7. The number of benzene rings is 10. The summed E-state index contributed by atoms with van der Waals surface area (Å²) in [5.41, 5.74) is 6.79. The van der Waals surface area contributed by atoms with Gasteiger partial charge in [-0.3, -0.25) is 4.57 Å². The number of hydrogen-bond acceptors (Lipinski definition) is 1. The summed E-state index contributed by atoms with van der Waals surface area (Å²) in [7, 11) is 0. The first-order chi connectivity index (χ1) is 27.3. The molecular weight excluding hydrogens is 665 g/mol. The van der Waals surface area contributed by atoms with Crippen LogP contribution in [0, 0.1) is 0 Å². The quantitative estimate of drug-likeness (QED) is 0.133. The van der Waals surface area contributed by atoms with Crippen LogP contribution in [0.5, 0.6) is 0 Å². The van der Waals surface area contributed by atoms with Gasteiger partial charge in [0, 0.05) is 11.3 Å². The average molecular weight is 697 g/mol. The molecule has 0 radical (unpaired) electrons. The van der Waals surface area contributed by atoms with Gasteiger partial charge in [-0.1, -0.05) is 164 Å². The molecule has 1 aromatic heterocycles. The van der Waals surface area contributed by atoms with Crippen LogP contribution in [0.4, 0.5) is 0 Å². The van der Waals surface area contributed by atoms with Crippen molar-refractivity contribution < 1.29 is 0 Å². The number of aromatic nitrogens is 2. The summed E-state index contributed by atoms with van der Waals surface area (Å²) in [6, 6.07) is 71.0. The second-order valence-corrected chi connectivity index (χ2v) is 14.6. The first kappa shape index (κ1) is 30.2. The zero-order valence-electron chi connectivity index (χ0n) is 29.9. The minimum Gasteiger partial charge on any atom is -0.292 e. The molecule has 0 spiro atoms. The highest BCUT2D eigenvalue weighted by molar-refractivity contribution is 6.36. The Bertz CT molecular complexity index is 3480. The van der Waals surface area contributed by atoms with Gasteiger partial charge in [-0.25, -0.2) is 4.98 Å². The molecule has 2 nitrogen and oxygen atoms in total. The second kappa shape index (κ2) is 11.6. The van der Waals surface area contributed by atoms with Crippen LogP contribution in [0.25, 0.3) is 115 Å². The van der Waals surface area contributed by atoms with Crippen LogP contribution in [-0.2, 0) is 0 Å². The van der Waals surface area contributed by atoms with E-state index >= 15 is 0 Å². The van der Waals surface area contributed by atoms with Gasteiger partial charge in [-0.05, 0) is 117 Å². The molecule has 12 aromatic rings. The topological polar surface area (TPSA) is 17.8 Å². The maximum absolute atomic E-state index is 5.40. The van der Waals surface area contributed by atoms with Crippen LogP contribution in [-0.4, -0.2) is 9.55 Å². The molecule has 2 heteroatoms. The Morgan fingerprint density at radius 1 is 0.327 bits per heavy atom. The van der Waals surface area contributed by atoms with Gasteiger partial charge in [-0.2, -0.15) is 0 Å². The Hall–Kier alpha value is -7.29. The van der Waals surface area contributed by atoms with E-state index in [-0.39, 0.29) is 0 Å². The lowest BCUT2D eigenvalue weighted by atomic mass is 9.83. The molecule has 0 saturated heterocycles. The Morgan fingerprint density at radius 2 is 0.782 bits per heavy atom. The van der Waals surface area contributed by atoms with E-state index < -0.39 is 0 Å². The van der Waals surface area contributed by atoms with E-state index in [0.29, 0.717) is 0 Å². The van der Waals surface area contributed by atoms with Gasteiger partial charge in [0.1, 0.15) is 5.82 Å². The number of para-hydroxylation sites is 3. The standard InChI is InChI=1S/C53H32N2/c1-2-17-34(18-3-1)55-48-31-13-12-30-47(48)54-53(55)52-43-25-10-8-23-41(43)50(42-24-9-11-26-44(42)52)46-32-33-16-14-27-39-37-21-6-4-19-35(37)36-20-5-7-22-38(36)40-28-15-29-45(46)51(40)49(33)39/h1-32H. The van der Waals surface area contributed by atoms with E-state index in [1.54, 1.807) is 0 Å². The van der Waals surface area contributed by atoms with Crippen LogP contribution >= 0.6 is 0 Å². The largest absolute Gasteiger partial charge is 0.292 e. The summed E-state index contributed by atoms with van der Waals surface area (Å²) in [5, 5.41) is 17.5. The van der Waals surface area contributed by atoms with Gasteiger partial charge in [0.15, 0.2) is 0 Å². The van der Waals surface area contributed by atoms with Crippen LogP contribution in [0.3, 0.4) is 0 Å². The first-order valence-electron chi connectivity index (χ1n) is 19.0. The van der Waals surface area contributed by atoms with Gasteiger partial charge >= 0.3 is 0 Å². The summed E-state index contributed by atoms with van der Waals surface area (Å²) in [6.45, 7) is 0. The molecule has 0 atom stereocenters. The monoisotopic (exact) mass is 696 g/mol. The highest BCUT2D eigenvalue weighted by Gasteiger charge is 2.24. The molecule has 0 bridgehead atoms. The Morgan fingerprint density at radius 3 is 1.42 bits per heavy atom. The van der Waals surface area contributed by atoms with Crippen LogP contribution in [0.1, 0.15) is 0 Å². The van der Waals surface area contributed by atoms with Crippen molar-refractivity contribution in [1.82, 2.24) is 9.55 Å². The smallest absolute Gasteiger partial charge is 0.146 e. The second-order valence-electron chi connectivity index (χ2n) is 14.6. The fourth-order valence-corrected chi connectivity index (χ4v) is 9.50. The molecule has 11 aromatic carbocycles. The lowest BCUT2D eigenvalue weighted by Crippen LogP contribution is -1.99. The van der Waals surface area contributed by atoms with E-state index in [9.17, 15) is 0 Å². The van der Waals surface area contributed by atoms with Crippen molar-refractivity contribution >= 4 is 86.4 Å². The van der Waals surface area contributed by atoms with E-state index in [1.165, 1.54) is 86.5 Å². The molecule has 0 fully saturated rings. The lowest BCUT2D eigenvalue weighted by molar-refractivity contribution is 1.11. The number of hydrogen-bond donors (Lipinski definition) is 0. The molecular formula is C53H32N2. The zero-order valence-corrected chi connectivity index (χ0v) is 29.9. The maximum atomic E-state index is 5.40. The SMILES string of the molecule is c1ccc(-n2c(-c3c4ccccc4c(-c4cc5cccc6c7ccccc7c7ccccc7c7cccc4c7c56)c4ccccc34)nc3ccccc32)cc1. The average Bonchev–Trinajstić information content (AvgIpc) is 3.64. The molecule has 1 heterocycles. The maximum Gasteiger partial charge on any atom is 0.146 e. The highest BCUT2D eigenvalue weighted by atomic mass is 15.1. The van der Waals surface area contributed by atoms with Crippen molar-refractivity contribution in [2.45, 2.75) is 0 Å². The van der Waals surface area contributed by atoms with Gasteiger partial charge in [0.05, 0.1) is 11.0 Å². The molecule has 55 heavy (non-hydrogen) atoms. The van der Waals surface area contributed by atoms with Gasteiger partial charge in [0.2, 0.25) is 0 Å². The summed E-state index contributed by atoms with van der Waals surface area (Å²) in [6.07, 6.45) is 0. The molecule has 0 saturated carbocycles. The van der Waals surface area contributed by atoms with Crippen molar-refractivity contribution in [3.8, 4) is 28.2 Å². The van der Waals surface area contributed by atoms with Crippen LogP contribution in [0.2, 0.25) is 0 Å². The fourth-order valence-electron chi connectivity index (χ4n) is 9.50. The van der Waals surface area contributed by atoms with Gasteiger partial charge in [0.25, 0.3) is 0 Å². The van der Waals surface area contributed by atoms with Gasteiger partial charge in [-0.15, -0.1) is 0 Å². The van der Waals surface area contributed by atoms with Crippen molar-refractivity contribution in [3.63, 3.8) is 0 Å². The number of imidazole rings is 1. The van der Waals surface area contributed by atoms with E-state index in [1.807, 2.05) is 0 Å². The molecule has 0 aliphatic rings. The van der Waals surface area contributed by atoms with Crippen molar-refractivity contribution in [2.24, 2.45) is 0 Å². The van der Waals surface area contributed by atoms with Gasteiger partial charge < -0.3 is 0 Å². The molecule has 0 aliphatic heterocycles. The molecule has 254 valence electrons. The summed E-state index contributed by atoms with van der Waals surface area (Å²) < 4.78 is 2.33. The van der Waals surface area contributed by atoms with E-state index in [4.69, 9.17) is 4.98 Å². The van der Waals surface area contributed by atoms with E-state index in [0.717, 1.165) is 28.1 Å².